The summed E-state index contributed by atoms with van der Waals surface area (Å²) in [6, 6.07) is 9.32. The van der Waals surface area contributed by atoms with Crippen molar-refractivity contribution in [2.75, 3.05) is 19.5 Å². The molecule has 0 bridgehead atoms. The number of methoxy groups -OCH3 is 1. The Kier molecular flexibility index (Phi) is 2.87. The van der Waals surface area contributed by atoms with Crippen LogP contribution in [0.4, 0.5) is 5.69 Å². The maximum atomic E-state index is 6.02. The van der Waals surface area contributed by atoms with Gasteiger partial charge in [-0.15, -0.1) is 0 Å². The van der Waals surface area contributed by atoms with Crippen molar-refractivity contribution < 1.29 is 4.74 Å². The Balaban J connectivity index is 2.45. The predicted octanol–water partition coefficient (Wildman–Crippen LogP) is 3.49. The Bertz CT molecular complexity index is 773. The lowest BCUT2D eigenvalue weighted by Gasteiger charge is -2.10. The van der Waals surface area contributed by atoms with Gasteiger partial charge in [-0.25, -0.2) is 9.97 Å². The maximum Gasteiger partial charge on any atom is 0.213 e. The summed E-state index contributed by atoms with van der Waals surface area (Å²) in [5.74, 6) is 0.569. The molecule has 4 nitrogen and oxygen atoms in total. The minimum atomic E-state index is 0.569. The molecule has 0 unspecified atom stereocenters. The number of hydrogen-bond donors (Lipinski definition) is 1. The molecule has 1 aromatic carbocycles. The van der Waals surface area contributed by atoms with Crippen molar-refractivity contribution in [3.05, 3.63) is 35.4 Å². The Morgan fingerprint density at radius 1 is 1.11 bits per heavy atom. The standard InChI is InChI=1S/C14H12ClN3O/c1-16-13-9-4-3-8(15)7-11(9)17-10-5-6-12(19-2)18-14(10)13/h3-7H,1-2H3,(H,16,17). The first kappa shape index (κ1) is 12.0. The molecule has 0 atom stereocenters. The van der Waals surface area contributed by atoms with Gasteiger partial charge < -0.3 is 10.1 Å². The first-order valence-electron chi connectivity index (χ1n) is 5.84. The van der Waals surface area contributed by atoms with Gasteiger partial charge in [-0.3, -0.25) is 0 Å². The highest BCUT2D eigenvalue weighted by Crippen LogP contribution is 2.31. The number of halogens is 1. The van der Waals surface area contributed by atoms with Crippen LogP contribution in [0, 0.1) is 0 Å². The highest BCUT2D eigenvalue weighted by molar-refractivity contribution is 6.31. The van der Waals surface area contributed by atoms with E-state index in [0.29, 0.717) is 10.9 Å². The molecule has 96 valence electrons. The molecule has 19 heavy (non-hydrogen) atoms. The number of aromatic nitrogens is 2. The van der Waals surface area contributed by atoms with Gasteiger partial charge in [-0.05, 0) is 24.3 Å². The highest BCUT2D eigenvalue weighted by Gasteiger charge is 2.10. The molecule has 0 spiro atoms. The normalized spacial score (nSPS) is 10.9. The third-order valence-electron chi connectivity index (χ3n) is 3.01. The summed E-state index contributed by atoms with van der Waals surface area (Å²) in [5.41, 5.74) is 3.36. The van der Waals surface area contributed by atoms with E-state index < -0.39 is 0 Å². The Morgan fingerprint density at radius 2 is 1.95 bits per heavy atom. The Labute approximate surface area is 115 Å². The summed E-state index contributed by atoms with van der Waals surface area (Å²) in [6.45, 7) is 0. The minimum absolute atomic E-state index is 0.569. The number of hydrogen-bond acceptors (Lipinski definition) is 4. The van der Waals surface area contributed by atoms with E-state index in [1.54, 1.807) is 13.2 Å². The quantitative estimate of drug-likeness (QED) is 0.726. The van der Waals surface area contributed by atoms with Crippen molar-refractivity contribution >= 4 is 39.2 Å². The van der Waals surface area contributed by atoms with Gasteiger partial charge in [0.25, 0.3) is 0 Å². The van der Waals surface area contributed by atoms with Crippen molar-refractivity contribution in [1.29, 1.82) is 0 Å². The zero-order chi connectivity index (χ0) is 13.4. The smallest absolute Gasteiger partial charge is 0.213 e. The summed E-state index contributed by atoms with van der Waals surface area (Å²) < 4.78 is 5.17. The van der Waals surface area contributed by atoms with Crippen molar-refractivity contribution in [1.82, 2.24) is 9.97 Å². The number of fused-ring (bicyclic) bond motifs is 2. The Hall–Kier alpha value is -2.07. The largest absolute Gasteiger partial charge is 0.481 e. The van der Waals surface area contributed by atoms with E-state index >= 15 is 0 Å². The number of nitrogens with zero attached hydrogens (tertiary/aromatic N) is 2. The average Bonchev–Trinajstić information content (AvgIpc) is 2.44. The second kappa shape index (κ2) is 4.55. The van der Waals surface area contributed by atoms with Crippen LogP contribution in [0.2, 0.25) is 5.02 Å². The van der Waals surface area contributed by atoms with Crippen LogP contribution in [0.3, 0.4) is 0 Å². The van der Waals surface area contributed by atoms with E-state index in [9.17, 15) is 0 Å². The van der Waals surface area contributed by atoms with Crippen LogP contribution in [-0.2, 0) is 0 Å². The second-order valence-electron chi connectivity index (χ2n) is 4.12. The van der Waals surface area contributed by atoms with Crippen LogP contribution in [0.1, 0.15) is 0 Å². The zero-order valence-electron chi connectivity index (χ0n) is 10.6. The van der Waals surface area contributed by atoms with E-state index in [-0.39, 0.29) is 0 Å². The van der Waals surface area contributed by atoms with Gasteiger partial charge in [-0.2, -0.15) is 0 Å². The lowest BCUT2D eigenvalue weighted by atomic mass is 10.1. The minimum Gasteiger partial charge on any atom is -0.481 e. The molecule has 2 aromatic heterocycles. The fourth-order valence-corrected chi connectivity index (χ4v) is 2.31. The topological polar surface area (TPSA) is 47.0 Å². The maximum absolute atomic E-state index is 6.02. The van der Waals surface area contributed by atoms with Crippen LogP contribution < -0.4 is 10.1 Å². The lowest BCUT2D eigenvalue weighted by molar-refractivity contribution is 0.399. The molecular weight excluding hydrogens is 262 g/mol. The van der Waals surface area contributed by atoms with E-state index in [0.717, 1.165) is 27.6 Å². The summed E-state index contributed by atoms with van der Waals surface area (Å²) in [5, 5.41) is 4.84. The molecule has 0 aliphatic rings. The van der Waals surface area contributed by atoms with Crippen LogP contribution in [0.5, 0.6) is 5.88 Å². The number of ether oxygens (including phenoxy) is 1. The van der Waals surface area contributed by atoms with Crippen LogP contribution in [0.15, 0.2) is 30.3 Å². The van der Waals surface area contributed by atoms with E-state index in [1.165, 1.54) is 0 Å². The van der Waals surface area contributed by atoms with Crippen molar-refractivity contribution in [2.45, 2.75) is 0 Å². The molecule has 2 heterocycles. The lowest BCUT2D eigenvalue weighted by Crippen LogP contribution is -1.97. The van der Waals surface area contributed by atoms with Crippen molar-refractivity contribution in [3.8, 4) is 5.88 Å². The van der Waals surface area contributed by atoms with Gasteiger partial charge in [-0.1, -0.05) is 11.6 Å². The summed E-state index contributed by atoms with van der Waals surface area (Å²) >= 11 is 6.02. The number of pyridine rings is 2. The molecule has 0 amide bonds. The first-order valence-corrected chi connectivity index (χ1v) is 6.22. The molecule has 1 N–H and O–H groups in total. The molecule has 3 aromatic rings. The number of anilines is 1. The van der Waals surface area contributed by atoms with Gasteiger partial charge >= 0.3 is 0 Å². The average molecular weight is 274 g/mol. The monoisotopic (exact) mass is 273 g/mol. The molecule has 0 radical (unpaired) electrons. The van der Waals surface area contributed by atoms with Crippen LogP contribution in [-0.4, -0.2) is 24.1 Å². The molecule has 0 aliphatic carbocycles. The number of nitrogens with one attached hydrogen (secondary N) is 1. The predicted molar refractivity (Wildman–Crippen MR) is 78.2 cm³/mol. The highest BCUT2D eigenvalue weighted by atomic mass is 35.5. The summed E-state index contributed by atoms with van der Waals surface area (Å²) in [4.78, 5) is 9.04. The van der Waals surface area contributed by atoms with Gasteiger partial charge in [0, 0.05) is 23.5 Å². The molecule has 3 rings (SSSR count). The van der Waals surface area contributed by atoms with Crippen LogP contribution >= 0.6 is 11.6 Å². The number of benzene rings is 1. The fraction of sp³-hybridized carbons (Fsp3) is 0.143. The van der Waals surface area contributed by atoms with Gasteiger partial charge in [0.15, 0.2) is 0 Å². The summed E-state index contributed by atoms with van der Waals surface area (Å²) in [7, 11) is 3.46. The first-order chi connectivity index (χ1) is 9.22. The van der Waals surface area contributed by atoms with Gasteiger partial charge in [0.1, 0.15) is 5.52 Å². The number of rotatable bonds is 2. The fourth-order valence-electron chi connectivity index (χ4n) is 2.14. The van der Waals surface area contributed by atoms with E-state index in [2.05, 4.69) is 15.3 Å². The summed E-state index contributed by atoms with van der Waals surface area (Å²) in [6.07, 6.45) is 0. The molecule has 0 saturated heterocycles. The van der Waals surface area contributed by atoms with Crippen molar-refractivity contribution in [2.24, 2.45) is 0 Å². The molecule has 0 aliphatic heterocycles. The zero-order valence-corrected chi connectivity index (χ0v) is 11.3. The van der Waals surface area contributed by atoms with E-state index in [4.69, 9.17) is 16.3 Å². The molecule has 5 heteroatoms. The Morgan fingerprint density at radius 3 is 2.68 bits per heavy atom. The van der Waals surface area contributed by atoms with Crippen LogP contribution in [0.25, 0.3) is 21.9 Å². The van der Waals surface area contributed by atoms with Gasteiger partial charge in [0.2, 0.25) is 5.88 Å². The third kappa shape index (κ3) is 1.94. The molecular formula is C14H12ClN3O. The van der Waals surface area contributed by atoms with E-state index in [1.807, 2.05) is 31.3 Å². The molecule has 0 fully saturated rings. The SMILES string of the molecule is CNc1c2ccc(Cl)cc2nc2ccc(OC)nc12. The molecule has 0 saturated carbocycles. The van der Waals surface area contributed by atoms with Gasteiger partial charge in [0.05, 0.1) is 23.8 Å². The van der Waals surface area contributed by atoms with Crippen molar-refractivity contribution in [3.63, 3.8) is 0 Å². The third-order valence-corrected chi connectivity index (χ3v) is 3.25. The second-order valence-corrected chi connectivity index (χ2v) is 4.56.